The molecule has 0 amide bonds. The molecule has 9 heteroatoms. The van der Waals surface area contributed by atoms with Crippen molar-refractivity contribution in [1.82, 2.24) is 14.8 Å². The summed E-state index contributed by atoms with van der Waals surface area (Å²) in [5, 5.41) is 8.56. The van der Waals surface area contributed by atoms with E-state index in [0.29, 0.717) is 22.5 Å². The lowest BCUT2D eigenvalue weighted by Crippen LogP contribution is -2.09. The molecule has 28 heavy (non-hydrogen) atoms. The Balaban J connectivity index is 1.86. The fourth-order valence-electron chi connectivity index (χ4n) is 2.36. The average Bonchev–Trinajstić information content (AvgIpc) is 3.13. The van der Waals surface area contributed by atoms with Crippen molar-refractivity contribution in [2.75, 3.05) is 20.0 Å². The smallest absolute Gasteiger partial charge is 0.316 e. The van der Waals surface area contributed by atoms with Gasteiger partial charge in [0.05, 0.1) is 25.7 Å². The number of methoxy groups -OCH3 is 2. The summed E-state index contributed by atoms with van der Waals surface area (Å²) < 4.78 is 31.4. The molecule has 0 bridgehead atoms. The maximum Gasteiger partial charge on any atom is 0.316 e. The monoisotopic (exact) mass is 403 g/mol. The van der Waals surface area contributed by atoms with Crippen LogP contribution in [0, 0.1) is 5.82 Å². The molecule has 0 saturated carbocycles. The molecule has 0 atom stereocenters. The second kappa shape index (κ2) is 9.23. The molecule has 0 saturated heterocycles. The average molecular weight is 403 g/mol. The zero-order valence-corrected chi connectivity index (χ0v) is 16.1. The van der Waals surface area contributed by atoms with Gasteiger partial charge < -0.3 is 14.2 Å². The van der Waals surface area contributed by atoms with E-state index in [-0.39, 0.29) is 18.0 Å². The third-order valence-electron chi connectivity index (χ3n) is 3.77. The zero-order chi connectivity index (χ0) is 19.9. The molecule has 0 fully saturated rings. The molecule has 2 aromatic carbocycles. The Hall–Kier alpha value is -3.07. The lowest BCUT2D eigenvalue weighted by molar-refractivity contribution is -0.137. The van der Waals surface area contributed by atoms with Crippen molar-refractivity contribution in [3.63, 3.8) is 0 Å². The summed E-state index contributed by atoms with van der Waals surface area (Å²) >= 11 is 1.11. The number of carbonyl (C=O) groups is 1. The molecule has 0 aliphatic carbocycles. The number of esters is 1. The molecule has 0 unspecified atom stereocenters. The van der Waals surface area contributed by atoms with E-state index in [1.807, 2.05) is 0 Å². The summed E-state index contributed by atoms with van der Waals surface area (Å²) in [4.78, 5) is 11.5. The molecule has 0 N–H and O–H groups in total. The van der Waals surface area contributed by atoms with Crippen LogP contribution in [0.25, 0.3) is 5.69 Å². The van der Waals surface area contributed by atoms with Crippen LogP contribution in [0.1, 0.15) is 5.82 Å². The van der Waals surface area contributed by atoms with Gasteiger partial charge in [-0.15, -0.1) is 10.2 Å². The van der Waals surface area contributed by atoms with Crippen molar-refractivity contribution in [1.29, 1.82) is 0 Å². The molecule has 0 radical (unpaired) electrons. The SMILES string of the molecule is COC(=O)CSc1nnc(COc2ccc(OC)cc2)n1-c1ccccc1F. The Labute approximate surface area is 165 Å². The van der Waals surface area contributed by atoms with Gasteiger partial charge in [-0.2, -0.15) is 0 Å². The largest absolute Gasteiger partial charge is 0.497 e. The molecular weight excluding hydrogens is 385 g/mol. The number of aromatic nitrogens is 3. The summed E-state index contributed by atoms with van der Waals surface area (Å²) in [5.74, 6) is 0.893. The minimum atomic E-state index is -0.437. The van der Waals surface area contributed by atoms with E-state index in [0.717, 1.165) is 11.8 Å². The fraction of sp³-hybridized carbons (Fsp3) is 0.211. The molecule has 7 nitrogen and oxygen atoms in total. The first-order valence-corrected chi connectivity index (χ1v) is 9.26. The van der Waals surface area contributed by atoms with E-state index in [9.17, 15) is 9.18 Å². The lowest BCUT2D eigenvalue weighted by atomic mass is 10.3. The first-order chi connectivity index (χ1) is 13.6. The van der Waals surface area contributed by atoms with Crippen molar-refractivity contribution in [2.45, 2.75) is 11.8 Å². The first-order valence-electron chi connectivity index (χ1n) is 8.28. The van der Waals surface area contributed by atoms with Crippen LogP contribution in [0.5, 0.6) is 11.5 Å². The van der Waals surface area contributed by atoms with Crippen LogP contribution in [0.3, 0.4) is 0 Å². The van der Waals surface area contributed by atoms with Crippen LogP contribution in [0.2, 0.25) is 0 Å². The Morgan fingerprint density at radius 1 is 1.07 bits per heavy atom. The van der Waals surface area contributed by atoms with Crippen LogP contribution in [-0.2, 0) is 16.1 Å². The molecule has 1 aromatic heterocycles. The number of thioether (sulfide) groups is 1. The molecule has 0 aliphatic rings. The van der Waals surface area contributed by atoms with E-state index in [4.69, 9.17) is 9.47 Å². The second-order valence-corrected chi connectivity index (χ2v) is 6.46. The van der Waals surface area contributed by atoms with E-state index < -0.39 is 11.8 Å². The van der Waals surface area contributed by atoms with Gasteiger partial charge in [0.1, 0.15) is 23.9 Å². The number of benzene rings is 2. The number of halogens is 1. The summed E-state index contributed by atoms with van der Waals surface area (Å²) in [6.45, 7) is 0.0620. The summed E-state index contributed by atoms with van der Waals surface area (Å²) in [6.07, 6.45) is 0. The quantitative estimate of drug-likeness (QED) is 0.422. The molecular formula is C19H18FN3O4S. The number of para-hydroxylation sites is 1. The third kappa shape index (κ3) is 4.61. The van der Waals surface area contributed by atoms with E-state index in [1.165, 1.54) is 17.7 Å². The summed E-state index contributed by atoms with van der Waals surface area (Å²) in [6, 6.07) is 13.3. The molecule has 3 rings (SSSR count). The van der Waals surface area contributed by atoms with Gasteiger partial charge in [0.2, 0.25) is 0 Å². The van der Waals surface area contributed by atoms with Gasteiger partial charge in [-0.05, 0) is 36.4 Å². The van der Waals surface area contributed by atoms with Crippen molar-refractivity contribution in [2.24, 2.45) is 0 Å². The predicted molar refractivity (Wildman–Crippen MR) is 101 cm³/mol. The third-order valence-corrected chi connectivity index (χ3v) is 4.67. The topological polar surface area (TPSA) is 75.5 Å². The number of nitrogens with zero attached hydrogens (tertiary/aromatic N) is 3. The Morgan fingerprint density at radius 3 is 2.46 bits per heavy atom. The van der Waals surface area contributed by atoms with Gasteiger partial charge in [0, 0.05) is 0 Å². The van der Waals surface area contributed by atoms with Gasteiger partial charge in [-0.3, -0.25) is 9.36 Å². The summed E-state index contributed by atoms with van der Waals surface area (Å²) in [7, 11) is 2.89. The number of rotatable bonds is 8. The highest BCUT2D eigenvalue weighted by Crippen LogP contribution is 2.25. The van der Waals surface area contributed by atoms with Gasteiger partial charge in [-0.25, -0.2) is 4.39 Å². The number of carbonyl (C=O) groups excluding carboxylic acids is 1. The standard InChI is InChI=1S/C19H18FN3O4S/c1-25-13-7-9-14(10-8-13)27-11-17-21-22-19(28-12-18(24)26-2)23(17)16-6-4-3-5-15(16)20/h3-10H,11-12H2,1-2H3. The Morgan fingerprint density at radius 2 is 1.79 bits per heavy atom. The Bertz CT molecular complexity index is 947. The number of hydrogen-bond acceptors (Lipinski definition) is 7. The number of hydrogen-bond donors (Lipinski definition) is 0. The van der Waals surface area contributed by atoms with E-state index in [2.05, 4.69) is 14.9 Å². The van der Waals surface area contributed by atoms with Crippen molar-refractivity contribution >= 4 is 17.7 Å². The second-order valence-electron chi connectivity index (χ2n) is 5.51. The zero-order valence-electron chi connectivity index (χ0n) is 15.3. The fourth-order valence-corrected chi connectivity index (χ4v) is 3.16. The normalized spacial score (nSPS) is 10.5. The van der Waals surface area contributed by atoms with Crippen LogP contribution in [0.4, 0.5) is 4.39 Å². The van der Waals surface area contributed by atoms with Gasteiger partial charge in [-0.1, -0.05) is 23.9 Å². The Kier molecular flexibility index (Phi) is 6.49. The molecule has 0 aliphatic heterocycles. The summed E-state index contributed by atoms with van der Waals surface area (Å²) in [5.41, 5.74) is 0.271. The minimum Gasteiger partial charge on any atom is -0.497 e. The molecule has 146 valence electrons. The van der Waals surface area contributed by atoms with E-state index >= 15 is 0 Å². The van der Waals surface area contributed by atoms with Crippen molar-refractivity contribution < 1.29 is 23.4 Å². The minimum absolute atomic E-state index is 0.0302. The van der Waals surface area contributed by atoms with Crippen molar-refractivity contribution in [3.8, 4) is 17.2 Å². The van der Waals surface area contributed by atoms with Gasteiger partial charge in [0.15, 0.2) is 11.0 Å². The molecule has 0 spiro atoms. The van der Waals surface area contributed by atoms with Crippen molar-refractivity contribution in [3.05, 3.63) is 60.2 Å². The van der Waals surface area contributed by atoms with Crippen LogP contribution < -0.4 is 9.47 Å². The highest BCUT2D eigenvalue weighted by Gasteiger charge is 2.19. The maximum atomic E-state index is 14.4. The first kappa shape index (κ1) is 19.7. The van der Waals surface area contributed by atoms with E-state index in [1.54, 1.807) is 49.6 Å². The van der Waals surface area contributed by atoms with Crippen LogP contribution in [-0.4, -0.2) is 40.7 Å². The van der Waals surface area contributed by atoms with Gasteiger partial charge >= 0.3 is 5.97 Å². The van der Waals surface area contributed by atoms with Crippen LogP contribution >= 0.6 is 11.8 Å². The van der Waals surface area contributed by atoms with Gasteiger partial charge in [0.25, 0.3) is 0 Å². The molecule has 3 aromatic rings. The molecule has 1 heterocycles. The highest BCUT2D eigenvalue weighted by molar-refractivity contribution is 7.99. The predicted octanol–water partition coefficient (Wildman–Crippen LogP) is 3.26. The maximum absolute atomic E-state index is 14.4. The van der Waals surface area contributed by atoms with Crippen LogP contribution in [0.15, 0.2) is 53.7 Å². The lowest BCUT2D eigenvalue weighted by Gasteiger charge is -2.12. The highest BCUT2D eigenvalue weighted by atomic mass is 32.2. The number of ether oxygens (including phenoxy) is 3.